The van der Waals surface area contributed by atoms with Crippen molar-refractivity contribution in [1.82, 2.24) is 9.88 Å². The number of hydrogen-bond acceptors (Lipinski definition) is 4. The maximum absolute atomic E-state index is 11.9. The number of piperidine rings is 1. The highest BCUT2D eigenvalue weighted by Gasteiger charge is 2.20. The van der Waals surface area contributed by atoms with Crippen molar-refractivity contribution in [1.29, 1.82) is 0 Å². The Morgan fingerprint density at radius 3 is 2.80 bits per heavy atom. The summed E-state index contributed by atoms with van der Waals surface area (Å²) in [6.45, 7) is 4.43. The Hall–Kier alpha value is -2.11. The third kappa shape index (κ3) is 6.19. The standard InChI is InChI=1S/C25H34N2O3/c28-25-22(6-4-13-26-25)18-27-14-11-20(12-15-27)9-10-21-5-3-8-23(17-21)30-19-24-7-1-2-16-29-24/h3-6,8,13,17,20,24H,1-2,7,9-12,14-16,18-19H2,(H,26,28). The molecule has 30 heavy (non-hydrogen) atoms. The smallest absolute Gasteiger partial charge is 0.252 e. The SMILES string of the molecule is O=c1[nH]cccc1CN1CCC(CCc2cccc(OCC3CCCCO3)c2)CC1. The number of pyridine rings is 1. The summed E-state index contributed by atoms with van der Waals surface area (Å²) in [4.78, 5) is 17.1. The average Bonchev–Trinajstić information content (AvgIpc) is 2.80. The number of ether oxygens (including phenoxy) is 2. The maximum Gasteiger partial charge on any atom is 0.252 e. The predicted octanol–water partition coefficient (Wildman–Crippen LogP) is 4.17. The molecule has 2 fully saturated rings. The Kier molecular flexibility index (Phi) is 7.59. The quantitative estimate of drug-likeness (QED) is 0.710. The zero-order valence-electron chi connectivity index (χ0n) is 17.9. The molecule has 0 amide bonds. The topological polar surface area (TPSA) is 54.6 Å². The van der Waals surface area contributed by atoms with Gasteiger partial charge in [0.1, 0.15) is 12.4 Å². The van der Waals surface area contributed by atoms with Gasteiger partial charge < -0.3 is 14.5 Å². The molecule has 0 spiro atoms. The van der Waals surface area contributed by atoms with E-state index in [1.165, 1.54) is 37.7 Å². The first kappa shape index (κ1) is 21.1. The molecule has 2 saturated heterocycles. The van der Waals surface area contributed by atoms with Crippen molar-refractivity contribution in [2.24, 2.45) is 5.92 Å². The summed E-state index contributed by atoms with van der Waals surface area (Å²) in [7, 11) is 0. The lowest BCUT2D eigenvalue weighted by Gasteiger charge is -2.31. The van der Waals surface area contributed by atoms with Crippen LogP contribution in [-0.2, 0) is 17.7 Å². The summed E-state index contributed by atoms with van der Waals surface area (Å²) in [5, 5.41) is 0. The highest BCUT2D eigenvalue weighted by Crippen LogP contribution is 2.24. The molecule has 5 heteroatoms. The van der Waals surface area contributed by atoms with Gasteiger partial charge in [-0.15, -0.1) is 0 Å². The molecule has 0 aliphatic carbocycles. The monoisotopic (exact) mass is 410 g/mol. The number of likely N-dealkylation sites (tertiary alicyclic amines) is 1. The zero-order chi connectivity index (χ0) is 20.6. The molecule has 1 unspecified atom stereocenters. The van der Waals surface area contributed by atoms with E-state index in [-0.39, 0.29) is 11.7 Å². The van der Waals surface area contributed by atoms with Gasteiger partial charge in [0.2, 0.25) is 0 Å². The molecule has 0 saturated carbocycles. The molecule has 1 aromatic carbocycles. The van der Waals surface area contributed by atoms with E-state index in [0.29, 0.717) is 6.61 Å². The van der Waals surface area contributed by atoms with Gasteiger partial charge in [-0.2, -0.15) is 0 Å². The molecule has 0 bridgehead atoms. The van der Waals surface area contributed by atoms with Crippen LogP contribution in [0, 0.1) is 5.92 Å². The average molecular weight is 411 g/mol. The normalized spacial score (nSPS) is 20.9. The van der Waals surface area contributed by atoms with Crippen molar-refractivity contribution in [3.63, 3.8) is 0 Å². The largest absolute Gasteiger partial charge is 0.491 e. The molecule has 1 atom stereocenters. The number of nitrogens with zero attached hydrogens (tertiary/aromatic N) is 1. The van der Waals surface area contributed by atoms with E-state index in [2.05, 4.69) is 34.1 Å². The Bertz CT molecular complexity index is 836. The minimum absolute atomic E-state index is 0.0387. The van der Waals surface area contributed by atoms with Gasteiger partial charge in [-0.1, -0.05) is 18.2 Å². The van der Waals surface area contributed by atoms with E-state index in [9.17, 15) is 4.79 Å². The molecule has 3 heterocycles. The van der Waals surface area contributed by atoms with Crippen molar-refractivity contribution >= 4 is 0 Å². The lowest BCUT2D eigenvalue weighted by Crippen LogP contribution is -2.34. The van der Waals surface area contributed by atoms with E-state index in [1.54, 1.807) is 6.20 Å². The molecule has 1 N–H and O–H groups in total. The van der Waals surface area contributed by atoms with Gasteiger partial charge in [0, 0.05) is 24.9 Å². The molecule has 4 rings (SSSR count). The van der Waals surface area contributed by atoms with Crippen molar-refractivity contribution in [2.75, 3.05) is 26.3 Å². The molecule has 2 aliphatic heterocycles. The Morgan fingerprint density at radius 1 is 1.10 bits per heavy atom. The number of benzene rings is 1. The fraction of sp³-hybridized carbons (Fsp3) is 0.560. The summed E-state index contributed by atoms with van der Waals surface area (Å²) in [6, 6.07) is 12.4. The highest BCUT2D eigenvalue weighted by molar-refractivity contribution is 5.28. The van der Waals surface area contributed by atoms with E-state index >= 15 is 0 Å². The summed E-state index contributed by atoms with van der Waals surface area (Å²) in [5.74, 6) is 1.72. The predicted molar refractivity (Wildman–Crippen MR) is 119 cm³/mol. The Morgan fingerprint density at radius 2 is 2.00 bits per heavy atom. The number of aryl methyl sites for hydroxylation is 1. The third-order valence-electron chi connectivity index (χ3n) is 6.45. The van der Waals surface area contributed by atoms with Crippen LogP contribution in [0.4, 0.5) is 0 Å². The molecular weight excluding hydrogens is 376 g/mol. The lowest BCUT2D eigenvalue weighted by atomic mass is 9.90. The highest BCUT2D eigenvalue weighted by atomic mass is 16.5. The first-order chi connectivity index (χ1) is 14.8. The van der Waals surface area contributed by atoms with Crippen LogP contribution in [0.2, 0.25) is 0 Å². The number of nitrogens with one attached hydrogen (secondary N) is 1. The second kappa shape index (κ2) is 10.8. The Balaban J connectivity index is 1.19. The van der Waals surface area contributed by atoms with Gasteiger partial charge in [-0.05, 0) is 87.7 Å². The molecular formula is C25H34N2O3. The molecule has 5 nitrogen and oxygen atoms in total. The van der Waals surface area contributed by atoms with Crippen LogP contribution in [0.5, 0.6) is 5.75 Å². The van der Waals surface area contributed by atoms with E-state index in [0.717, 1.165) is 56.3 Å². The molecule has 2 aromatic rings. The molecule has 162 valence electrons. The summed E-state index contributed by atoms with van der Waals surface area (Å²) < 4.78 is 11.8. The van der Waals surface area contributed by atoms with Gasteiger partial charge in [0.15, 0.2) is 0 Å². The minimum Gasteiger partial charge on any atom is -0.491 e. The van der Waals surface area contributed by atoms with Crippen LogP contribution in [0.1, 0.15) is 49.7 Å². The van der Waals surface area contributed by atoms with Gasteiger partial charge in [-0.25, -0.2) is 0 Å². The van der Waals surface area contributed by atoms with Crippen LogP contribution in [-0.4, -0.2) is 42.3 Å². The minimum atomic E-state index is 0.0387. The summed E-state index contributed by atoms with van der Waals surface area (Å²) in [6.07, 6.45) is 10.2. The fourth-order valence-corrected chi connectivity index (χ4v) is 4.54. The number of rotatable bonds is 8. The first-order valence-corrected chi connectivity index (χ1v) is 11.5. The fourth-order valence-electron chi connectivity index (χ4n) is 4.54. The first-order valence-electron chi connectivity index (χ1n) is 11.5. The van der Waals surface area contributed by atoms with E-state index in [4.69, 9.17) is 9.47 Å². The zero-order valence-corrected chi connectivity index (χ0v) is 17.9. The Labute approximate surface area is 179 Å². The second-order valence-corrected chi connectivity index (χ2v) is 8.73. The van der Waals surface area contributed by atoms with Gasteiger partial charge in [0.05, 0.1) is 6.10 Å². The van der Waals surface area contributed by atoms with Crippen molar-refractivity contribution in [2.45, 2.75) is 57.6 Å². The summed E-state index contributed by atoms with van der Waals surface area (Å²) in [5.41, 5.74) is 2.26. The maximum atomic E-state index is 11.9. The molecule has 0 radical (unpaired) electrons. The number of aromatic amines is 1. The van der Waals surface area contributed by atoms with E-state index in [1.807, 2.05) is 12.1 Å². The molecule has 2 aliphatic rings. The van der Waals surface area contributed by atoms with E-state index < -0.39 is 0 Å². The van der Waals surface area contributed by atoms with Crippen molar-refractivity contribution in [3.8, 4) is 5.75 Å². The third-order valence-corrected chi connectivity index (χ3v) is 6.45. The number of H-pyrrole nitrogens is 1. The van der Waals surface area contributed by atoms with Crippen LogP contribution in [0.25, 0.3) is 0 Å². The van der Waals surface area contributed by atoms with Crippen LogP contribution in [0.15, 0.2) is 47.4 Å². The summed E-state index contributed by atoms with van der Waals surface area (Å²) >= 11 is 0. The van der Waals surface area contributed by atoms with Crippen molar-refractivity contribution in [3.05, 3.63) is 64.1 Å². The van der Waals surface area contributed by atoms with Crippen LogP contribution in [0.3, 0.4) is 0 Å². The van der Waals surface area contributed by atoms with Gasteiger partial charge in [0.25, 0.3) is 5.56 Å². The van der Waals surface area contributed by atoms with Gasteiger partial charge in [-0.3, -0.25) is 9.69 Å². The van der Waals surface area contributed by atoms with Crippen LogP contribution < -0.4 is 10.3 Å². The number of hydrogen-bond donors (Lipinski definition) is 1. The lowest BCUT2D eigenvalue weighted by molar-refractivity contribution is -0.0110. The second-order valence-electron chi connectivity index (χ2n) is 8.73. The van der Waals surface area contributed by atoms with Crippen molar-refractivity contribution < 1.29 is 9.47 Å². The van der Waals surface area contributed by atoms with Crippen LogP contribution >= 0.6 is 0 Å². The molecule has 1 aromatic heterocycles. The number of aromatic nitrogens is 1. The van der Waals surface area contributed by atoms with Gasteiger partial charge >= 0.3 is 0 Å².